The molecule has 1 fully saturated rings. The molecule has 0 radical (unpaired) electrons. The van der Waals surface area contributed by atoms with Crippen LogP contribution < -0.4 is 0 Å². The number of hydrogen-bond acceptors (Lipinski definition) is 3. The Bertz CT molecular complexity index is 598. The Morgan fingerprint density at radius 3 is 2.50 bits per heavy atom. The summed E-state index contributed by atoms with van der Waals surface area (Å²) in [6, 6.07) is 11.8. The maximum absolute atomic E-state index is 13.1. The molecule has 0 unspecified atom stereocenters. The number of Topliss-reactive ketones (excluding diaryl/α,β-unsaturated/α-hetero) is 1. The Labute approximate surface area is 118 Å². The van der Waals surface area contributed by atoms with Gasteiger partial charge < -0.3 is 4.74 Å². The number of carbonyl (C=O) groups is 1. The van der Waals surface area contributed by atoms with E-state index in [9.17, 15) is 4.79 Å². The second kappa shape index (κ2) is 5.21. The molecule has 0 bridgehead atoms. The summed E-state index contributed by atoms with van der Waals surface area (Å²) in [5.41, 5.74) is 1.26. The van der Waals surface area contributed by atoms with Gasteiger partial charge in [-0.25, -0.2) is 0 Å². The molecule has 0 atom stereocenters. The molecule has 4 heteroatoms. The van der Waals surface area contributed by atoms with E-state index >= 15 is 0 Å². The molecule has 0 saturated carbocycles. The second-order valence-corrected chi connectivity index (χ2v) is 5.23. The molecule has 2 heterocycles. The fourth-order valence-electron chi connectivity index (χ4n) is 2.97. The first kappa shape index (κ1) is 13.1. The van der Waals surface area contributed by atoms with E-state index in [4.69, 9.17) is 4.74 Å². The van der Waals surface area contributed by atoms with E-state index < -0.39 is 5.41 Å². The first-order valence-electron chi connectivity index (χ1n) is 6.90. The number of rotatable bonds is 3. The zero-order valence-corrected chi connectivity index (χ0v) is 11.6. The molecule has 0 aliphatic carbocycles. The third-order valence-electron chi connectivity index (χ3n) is 4.16. The van der Waals surface area contributed by atoms with E-state index in [0.717, 1.165) is 18.4 Å². The minimum absolute atomic E-state index is 0.145. The van der Waals surface area contributed by atoms with Crippen molar-refractivity contribution in [3.05, 3.63) is 53.9 Å². The summed E-state index contributed by atoms with van der Waals surface area (Å²) >= 11 is 0. The summed E-state index contributed by atoms with van der Waals surface area (Å²) in [4.78, 5) is 13.1. The lowest BCUT2D eigenvalue weighted by molar-refractivity contribution is 0.0418. The maximum atomic E-state index is 13.1. The molecule has 0 N–H and O–H groups in total. The molecule has 1 aliphatic heterocycles. The van der Waals surface area contributed by atoms with E-state index in [1.807, 2.05) is 37.4 Å². The highest BCUT2D eigenvalue weighted by molar-refractivity contribution is 6.03. The monoisotopic (exact) mass is 270 g/mol. The van der Waals surface area contributed by atoms with Gasteiger partial charge in [0.05, 0.1) is 5.41 Å². The number of ketones is 1. The van der Waals surface area contributed by atoms with Crippen LogP contribution in [-0.4, -0.2) is 28.8 Å². The molecular weight excluding hydrogens is 252 g/mol. The number of nitrogens with zero attached hydrogens (tertiary/aromatic N) is 2. The molecule has 4 nitrogen and oxygen atoms in total. The zero-order valence-electron chi connectivity index (χ0n) is 11.6. The van der Waals surface area contributed by atoms with Crippen molar-refractivity contribution < 1.29 is 9.53 Å². The minimum Gasteiger partial charge on any atom is -0.381 e. The van der Waals surface area contributed by atoms with E-state index in [2.05, 4.69) is 5.10 Å². The quantitative estimate of drug-likeness (QED) is 0.804. The van der Waals surface area contributed by atoms with Gasteiger partial charge in [-0.1, -0.05) is 30.3 Å². The summed E-state index contributed by atoms with van der Waals surface area (Å²) in [5.74, 6) is 0.145. The van der Waals surface area contributed by atoms with Gasteiger partial charge in [0.2, 0.25) is 0 Å². The van der Waals surface area contributed by atoms with Crippen molar-refractivity contribution in [2.45, 2.75) is 18.3 Å². The van der Waals surface area contributed by atoms with Crippen molar-refractivity contribution in [1.82, 2.24) is 9.78 Å². The molecular formula is C16H18N2O2. The molecule has 2 aromatic rings. The fourth-order valence-corrected chi connectivity index (χ4v) is 2.97. The van der Waals surface area contributed by atoms with Crippen LogP contribution in [0, 0.1) is 0 Å². The van der Waals surface area contributed by atoms with Crippen LogP contribution in [0.15, 0.2) is 42.6 Å². The first-order valence-corrected chi connectivity index (χ1v) is 6.90. The molecule has 1 aromatic heterocycles. The normalized spacial score (nSPS) is 17.9. The SMILES string of the molecule is Cn1nccc1C(=O)C1(c2ccccc2)CCOCC1. The topological polar surface area (TPSA) is 44.1 Å². The van der Waals surface area contributed by atoms with Crippen molar-refractivity contribution >= 4 is 5.78 Å². The summed E-state index contributed by atoms with van der Waals surface area (Å²) < 4.78 is 7.12. The Morgan fingerprint density at radius 2 is 1.90 bits per heavy atom. The Balaban J connectivity index is 2.07. The number of ether oxygens (including phenoxy) is 1. The standard InChI is InChI=1S/C16H18N2O2/c1-18-14(7-10-17-18)15(19)16(8-11-20-12-9-16)13-5-3-2-4-6-13/h2-7,10H,8-9,11-12H2,1H3. The molecule has 20 heavy (non-hydrogen) atoms. The smallest absolute Gasteiger partial charge is 0.191 e. The predicted molar refractivity (Wildman–Crippen MR) is 75.7 cm³/mol. The summed E-state index contributed by atoms with van der Waals surface area (Å²) in [5, 5.41) is 4.12. The zero-order chi connectivity index (χ0) is 14.0. The number of hydrogen-bond donors (Lipinski definition) is 0. The van der Waals surface area contributed by atoms with Crippen LogP contribution in [-0.2, 0) is 17.2 Å². The molecule has 1 aliphatic rings. The highest BCUT2D eigenvalue weighted by Gasteiger charge is 2.42. The van der Waals surface area contributed by atoms with Gasteiger partial charge in [-0.2, -0.15) is 5.10 Å². The van der Waals surface area contributed by atoms with E-state index in [1.165, 1.54) is 0 Å². The Kier molecular flexibility index (Phi) is 3.40. The van der Waals surface area contributed by atoms with E-state index in [1.54, 1.807) is 16.9 Å². The van der Waals surface area contributed by atoms with Crippen LogP contribution in [0.2, 0.25) is 0 Å². The average Bonchev–Trinajstić information content (AvgIpc) is 2.94. The van der Waals surface area contributed by atoms with Crippen molar-refractivity contribution in [2.24, 2.45) is 7.05 Å². The average molecular weight is 270 g/mol. The van der Waals surface area contributed by atoms with Gasteiger partial charge >= 0.3 is 0 Å². The minimum atomic E-state index is -0.479. The molecule has 104 valence electrons. The Hall–Kier alpha value is -1.94. The van der Waals surface area contributed by atoms with Gasteiger partial charge in [0.15, 0.2) is 5.78 Å². The van der Waals surface area contributed by atoms with Crippen LogP contribution >= 0.6 is 0 Å². The molecule has 1 saturated heterocycles. The third kappa shape index (κ3) is 2.06. The van der Waals surface area contributed by atoms with Gasteiger partial charge in [-0.3, -0.25) is 9.48 Å². The summed E-state index contributed by atoms with van der Waals surface area (Å²) in [6.07, 6.45) is 3.12. The van der Waals surface area contributed by atoms with Crippen molar-refractivity contribution in [1.29, 1.82) is 0 Å². The van der Waals surface area contributed by atoms with Crippen LogP contribution in [0.4, 0.5) is 0 Å². The van der Waals surface area contributed by atoms with Crippen LogP contribution in [0.1, 0.15) is 28.9 Å². The number of aromatic nitrogens is 2. The van der Waals surface area contributed by atoms with Gasteiger partial charge in [0.25, 0.3) is 0 Å². The molecule has 0 spiro atoms. The third-order valence-corrected chi connectivity index (χ3v) is 4.16. The van der Waals surface area contributed by atoms with Crippen LogP contribution in [0.25, 0.3) is 0 Å². The van der Waals surface area contributed by atoms with Gasteiger partial charge in [-0.15, -0.1) is 0 Å². The van der Waals surface area contributed by atoms with Gasteiger partial charge in [-0.05, 0) is 24.5 Å². The number of carbonyl (C=O) groups excluding carboxylic acids is 1. The highest BCUT2D eigenvalue weighted by atomic mass is 16.5. The predicted octanol–water partition coefficient (Wildman–Crippen LogP) is 2.35. The molecule has 3 rings (SSSR count). The van der Waals surface area contributed by atoms with Crippen molar-refractivity contribution in [3.63, 3.8) is 0 Å². The van der Waals surface area contributed by atoms with Gasteiger partial charge in [0, 0.05) is 26.5 Å². The fraction of sp³-hybridized carbons (Fsp3) is 0.375. The number of aryl methyl sites for hydroxylation is 1. The lowest BCUT2D eigenvalue weighted by atomic mass is 9.70. The lowest BCUT2D eigenvalue weighted by Gasteiger charge is -2.36. The maximum Gasteiger partial charge on any atom is 0.191 e. The van der Waals surface area contributed by atoms with Gasteiger partial charge in [0.1, 0.15) is 5.69 Å². The van der Waals surface area contributed by atoms with Crippen LogP contribution in [0.3, 0.4) is 0 Å². The molecule has 0 amide bonds. The van der Waals surface area contributed by atoms with E-state index in [-0.39, 0.29) is 5.78 Å². The highest BCUT2D eigenvalue weighted by Crippen LogP contribution is 2.37. The first-order chi connectivity index (χ1) is 9.74. The summed E-state index contributed by atoms with van der Waals surface area (Å²) in [6.45, 7) is 1.25. The van der Waals surface area contributed by atoms with Crippen LogP contribution in [0.5, 0.6) is 0 Å². The Morgan fingerprint density at radius 1 is 1.20 bits per heavy atom. The van der Waals surface area contributed by atoms with Crippen molar-refractivity contribution in [3.8, 4) is 0 Å². The summed E-state index contributed by atoms with van der Waals surface area (Å²) in [7, 11) is 1.81. The molecule has 1 aromatic carbocycles. The lowest BCUT2D eigenvalue weighted by Crippen LogP contribution is -2.42. The largest absolute Gasteiger partial charge is 0.381 e. The van der Waals surface area contributed by atoms with Crippen molar-refractivity contribution in [2.75, 3.05) is 13.2 Å². The second-order valence-electron chi connectivity index (χ2n) is 5.23. The number of benzene rings is 1. The van der Waals surface area contributed by atoms with E-state index in [0.29, 0.717) is 18.9 Å².